The van der Waals surface area contributed by atoms with Crippen molar-refractivity contribution in [2.75, 3.05) is 31.7 Å². The molecule has 0 spiro atoms. The number of ether oxygens (including phenoxy) is 1. The van der Waals surface area contributed by atoms with Crippen LogP contribution in [0.25, 0.3) is 0 Å². The van der Waals surface area contributed by atoms with E-state index in [0.717, 1.165) is 24.4 Å². The van der Waals surface area contributed by atoms with Crippen molar-refractivity contribution in [1.82, 2.24) is 0 Å². The van der Waals surface area contributed by atoms with Crippen molar-refractivity contribution < 1.29 is 9.84 Å². The van der Waals surface area contributed by atoms with Gasteiger partial charge in [-0.15, -0.1) is 0 Å². The molecule has 0 aliphatic heterocycles. The lowest BCUT2D eigenvalue weighted by Gasteiger charge is -2.21. The van der Waals surface area contributed by atoms with Gasteiger partial charge in [-0.1, -0.05) is 17.7 Å². The molecule has 0 bridgehead atoms. The molecule has 0 fully saturated rings. The van der Waals surface area contributed by atoms with E-state index < -0.39 is 6.10 Å². The second kappa shape index (κ2) is 6.84. The first-order valence-corrected chi connectivity index (χ1v) is 6.20. The van der Waals surface area contributed by atoms with Gasteiger partial charge in [0.05, 0.1) is 23.4 Å². The third-order valence-electron chi connectivity index (χ3n) is 2.64. The van der Waals surface area contributed by atoms with E-state index in [4.69, 9.17) is 16.3 Å². The molecular formula is C13H20ClNO2. The van der Waals surface area contributed by atoms with E-state index in [1.165, 1.54) is 0 Å². The van der Waals surface area contributed by atoms with Gasteiger partial charge < -0.3 is 14.7 Å². The van der Waals surface area contributed by atoms with Crippen molar-refractivity contribution in [3.63, 3.8) is 0 Å². The standard InChI is InChI=1S/C13H20ClNO2/c1-4-17-8-7-15(3)13-6-5-11(10(2)16)9-12(13)14/h5-6,9-10,16H,4,7-8H2,1-3H3. The average molecular weight is 258 g/mol. The molecule has 0 heterocycles. The van der Waals surface area contributed by atoms with E-state index in [-0.39, 0.29) is 0 Å². The number of hydrogen-bond donors (Lipinski definition) is 1. The van der Waals surface area contributed by atoms with E-state index in [2.05, 4.69) is 0 Å². The van der Waals surface area contributed by atoms with Gasteiger partial charge in [0.25, 0.3) is 0 Å². The van der Waals surface area contributed by atoms with Gasteiger partial charge in [0.15, 0.2) is 0 Å². The summed E-state index contributed by atoms with van der Waals surface area (Å²) in [5.41, 5.74) is 1.78. The molecule has 4 heteroatoms. The normalized spacial score (nSPS) is 12.5. The van der Waals surface area contributed by atoms with E-state index >= 15 is 0 Å². The Hall–Kier alpha value is -0.770. The largest absolute Gasteiger partial charge is 0.389 e. The van der Waals surface area contributed by atoms with Crippen molar-refractivity contribution in [3.05, 3.63) is 28.8 Å². The Kier molecular flexibility index (Phi) is 5.75. The van der Waals surface area contributed by atoms with Gasteiger partial charge in [-0.25, -0.2) is 0 Å². The number of benzene rings is 1. The molecule has 1 N–H and O–H groups in total. The summed E-state index contributed by atoms with van der Waals surface area (Å²) in [6, 6.07) is 5.62. The van der Waals surface area contributed by atoms with Crippen molar-refractivity contribution in [1.29, 1.82) is 0 Å². The maximum absolute atomic E-state index is 9.46. The first-order chi connectivity index (χ1) is 8.06. The van der Waals surface area contributed by atoms with Crippen LogP contribution in [0.1, 0.15) is 25.5 Å². The minimum Gasteiger partial charge on any atom is -0.389 e. The van der Waals surface area contributed by atoms with Crippen LogP contribution in [0.4, 0.5) is 5.69 Å². The summed E-state index contributed by atoms with van der Waals surface area (Å²) in [5, 5.41) is 10.1. The molecular weight excluding hydrogens is 238 g/mol. The van der Waals surface area contributed by atoms with E-state index in [0.29, 0.717) is 11.6 Å². The van der Waals surface area contributed by atoms with Crippen LogP contribution in [0.3, 0.4) is 0 Å². The first kappa shape index (κ1) is 14.3. The fourth-order valence-electron chi connectivity index (χ4n) is 1.56. The highest BCUT2D eigenvalue weighted by Gasteiger charge is 2.08. The Morgan fingerprint density at radius 1 is 1.47 bits per heavy atom. The topological polar surface area (TPSA) is 32.7 Å². The molecule has 1 aromatic rings. The zero-order valence-electron chi connectivity index (χ0n) is 10.6. The lowest BCUT2D eigenvalue weighted by Crippen LogP contribution is -2.22. The summed E-state index contributed by atoms with van der Waals surface area (Å²) in [5.74, 6) is 0. The number of likely N-dealkylation sites (N-methyl/N-ethyl adjacent to an activating group) is 1. The number of aliphatic hydroxyl groups excluding tert-OH is 1. The van der Waals surface area contributed by atoms with Gasteiger partial charge in [0, 0.05) is 20.2 Å². The molecule has 0 amide bonds. The van der Waals surface area contributed by atoms with Crippen LogP contribution in [-0.4, -0.2) is 31.9 Å². The molecule has 0 aromatic heterocycles. The van der Waals surface area contributed by atoms with Crippen LogP contribution in [0.5, 0.6) is 0 Å². The Morgan fingerprint density at radius 2 is 2.18 bits per heavy atom. The zero-order chi connectivity index (χ0) is 12.8. The number of halogens is 1. The van der Waals surface area contributed by atoms with Crippen LogP contribution in [0.2, 0.25) is 5.02 Å². The van der Waals surface area contributed by atoms with Crippen molar-refractivity contribution in [3.8, 4) is 0 Å². The number of anilines is 1. The molecule has 17 heavy (non-hydrogen) atoms. The molecule has 0 aliphatic carbocycles. The van der Waals surface area contributed by atoms with Gasteiger partial charge in [-0.05, 0) is 31.5 Å². The van der Waals surface area contributed by atoms with Crippen LogP contribution in [-0.2, 0) is 4.74 Å². The van der Waals surface area contributed by atoms with Crippen LogP contribution in [0.15, 0.2) is 18.2 Å². The molecule has 1 aromatic carbocycles. The second-order valence-corrected chi connectivity index (χ2v) is 4.41. The second-order valence-electron chi connectivity index (χ2n) is 4.01. The maximum Gasteiger partial charge on any atom is 0.0762 e. The fourth-order valence-corrected chi connectivity index (χ4v) is 1.89. The van der Waals surface area contributed by atoms with E-state index in [1.807, 2.05) is 31.0 Å². The molecule has 0 radical (unpaired) electrons. The van der Waals surface area contributed by atoms with Gasteiger partial charge in [-0.2, -0.15) is 0 Å². The van der Waals surface area contributed by atoms with Crippen molar-refractivity contribution in [2.24, 2.45) is 0 Å². The summed E-state index contributed by atoms with van der Waals surface area (Å²) < 4.78 is 5.30. The first-order valence-electron chi connectivity index (χ1n) is 5.82. The predicted molar refractivity (Wildman–Crippen MR) is 71.8 cm³/mol. The van der Waals surface area contributed by atoms with Crippen molar-refractivity contribution >= 4 is 17.3 Å². The molecule has 1 unspecified atom stereocenters. The highest BCUT2D eigenvalue weighted by atomic mass is 35.5. The molecule has 0 saturated carbocycles. The lowest BCUT2D eigenvalue weighted by atomic mass is 10.1. The Labute approximate surface area is 108 Å². The molecule has 0 aliphatic rings. The molecule has 3 nitrogen and oxygen atoms in total. The summed E-state index contributed by atoms with van der Waals surface area (Å²) in [7, 11) is 1.97. The third kappa shape index (κ3) is 4.19. The number of aliphatic hydroxyl groups is 1. The van der Waals surface area contributed by atoms with E-state index in [9.17, 15) is 5.11 Å². The zero-order valence-corrected chi connectivity index (χ0v) is 11.4. The minimum atomic E-state index is -0.490. The number of hydrogen-bond acceptors (Lipinski definition) is 3. The van der Waals surface area contributed by atoms with Gasteiger partial charge >= 0.3 is 0 Å². The van der Waals surface area contributed by atoms with Crippen LogP contribution in [0, 0.1) is 0 Å². The molecule has 96 valence electrons. The Bertz CT molecular complexity index is 355. The van der Waals surface area contributed by atoms with Crippen LogP contribution < -0.4 is 4.90 Å². The molecule has 0 saturated heterocycles. The highest BCUT2D eigenvalue weighted by molar-refractivity contribution is 6.33. The lowest BCUT2D eigenvalue weighted by molar-refractivity contribution is 0.154. The highest BCUT2D eigenvalue weighted by Crippen LogP contribution is 2.28. The predicted octanol–water partition coefficient (Wildman–Crippen LogP) is 2.87. The Morgan fingerprint density at radius 3 is 2.71 bits per heavy atom. The monoisotopic (exact) mass is 257 g/mol. The maximum atomic E-state index is 9.46. The Balaban J connectivity index is 2.70. The SMILES string of the molecule is CCOCCN(C)c1ccc(C(C)O)cc1Cl. The quantitative estimate of drug-likeness (QED) is 0.796. The van der Waals surface area contributed by atoms with Crippen molar-refractivity contribution in [2.45, 2.75) is 20.0 Å². The molecule has 1 rings (SSSR count). The summed E-state index contributed by atoms with van der Waals surface area (Å²) in [4.78, 5) is 2.05. The molecule has 1 atom stereocenters. The number of nitrogens with zero attached hydrogens (tertiary/aromatic N) is 1. The van der Waals surface area contributed by atoms with Crippen LogP contribution >= 0.6 is 11.6 Å². The number of rotatable bonds is 6. The van der Waals surface area contributed by atoms with E-state index in [1.54, 1.807) is 13.0 Å². The summed E-state index contributed by atoms with van der Waals surface area (Å²) in [6.07, 6.45) is -0.490. The summed E-state index contributed by atoms with van der Waals surface area (Å²) in [6.45, 7) is 5.90. The minimum absolute atomic E-state index is 0.490. The third-order valence-corrected chi connectivity index (χ3v) is 2.94. The summed E-state index contributed by atoms with van der Waals surface area (Å²) >= 11 is 6.19. The van der Waals surface area contributed by atoms with Gasteiger partial charge in [0.2, 0.25) is 0 Å². The van der Waals surface area contributed by atoms with Gasteiger partial charge in [0.1, 0.15) is 0 Å². The fraction of sp³-hybridized carbons (Fsp3) is 0.538. The average Bonchev–Trinajstić information content (AvgIpc) is 2.28. The smallest absolute Gasteiger partial charge is 0.0762 e. The van der Waals surface area contributed by atoms with Gasteiger partial charge in [-0.3, -0.25) is 0 Å².